The van der Waals surface area contributed by atoms with Gasteiger partial charge >= 0.3 is 0 Å². The average Bonchev–Trinajstić information content (AvgIpc) is 2.26. The average molecular weight is 207 g/mol. The van der Waals surface area contributed by atoms with Gasteiger partial charge in [0, 0.05) is 30.0 Å². The normalized spacial score (nSPS) is 10.9. The van der Waals surface area contributed by atoms with Gasteiger partial charge in [-0.15, -0.1) is 0 Å². The zero-order valence-corrected chi connectivity index (χ0v) is 8.64. The van der Waals surface area contributed by atoms with Crippen LogP contribution < -0.4 is 5.48 Å². The number of hydrogen-bond acceptors (Lipinski definition) is 4. The fourth-order valence-corrected chi connectivity index (χ4v) is 0.941. The number of hydrogen-bond donors (Lipinski definition) is 2. The van der Waals surface area contributed by atoms with Gasteiger partial charge in [-0.1, -0.05) is 13.8 Å². The number of nitrogens with one attached hydrogen (secondary N) is 1. The molecule has 1 aromatic rings. The Hall–Kier alpha value is -1.75. The van der Waals surface area contributed by atoms with Crippen LogP contribution in [0.1, 0.15) is 31.2 Å². The Morgan fingerprint density at radius 3 is 2.53 bits per heavy atom. The van der Waals surface area contributed by atoms with Crippen molar-refractivity contribution in [3.63, 3.8) is 0 Å². The van der Waals surface area contributed by atoms with Crippen LogP contribution in [-0.4, -0.2) is 21.1 Å². The van der Waals surface area contributed by atoms with E-state index >= 15 is 0 Å². The minimum absolute atomic E-state index is 0.281. The summed E-state index contributed by atoms with van der Waals surface area (Å²) in [7, 11) is 0. The third-order valence-electron chi connectivity index (χ3n) is 1.75. The summed E-state index contributed by atoms with van der Waals surface area (Å²) in [5.41, 5.74) is 2.21. The summed E-state index contributed by atoms with van der Waals surface area (Å²) < 4.78 is 0. The van der Waals surface area contributed by atoms with E-state index < -0.39 is 5.91 Å². The predicted octanol–water partition coefficient (Wildman–Crippen LogP) is 1.12. The molecule has 0 unspecified atom stereocenters. The van der Waals surface area contributed by atoms with Gasteiger partial charge < -0.3 is 0 Å². The van der Waals surface area contributed by atoms with Crippen molar-refractivity contribution in [2.45, 2.75) is 19.8 Å². The van der Waals surface area contributed by atoms with Gasteiger partial charge in [-0.3, -0.25) is 10.0 Å². The van der Waals surface area contributed by atoms with Crippen LogP contribution in [0.5, 0.6) is 0 Å². The number of carbonyl (C=O) groups excluding carboxylic acids is 1. The molecule has 1 amide bonds. The van der Waals surface area contributed by atoms with Crippen LogP contribution >= 0.6 is 0 Å². The number of carbonyl (C=O) groups is 1. The first-order chi connectivity index (χ1) is 7.13. The van der Waals surface area contributed by atoms with E-state index in [0.29, 0.717) is 5.56 Å². The smallest absolute Gasteiger partial charge is 0.267 e. The van der Waals surface area contributed by atoms with Gasteiger partial charge in [0.15, 0.2) is 0 Å². The summed E-state index contributed by atoms with van der Waals surface area (Å²) in [4.78, 5) is 18.9. The first kappa shape index (κ1) is 11.3. The molecule has 5 nitrogen and oxygen atoms in total. The van der Waals surface area contributed by atoms with E-state index in [4.69, 9.17) is 5.21 Å². The summed E-state index contributed by atoms with van der Waals surface area (Å²) in [6.45, 7) is 4.01. The van der Waals surface area contributed by atoms with Crippen molar-refractivity contribution in [3.05, 3.63) is 29.9 Å². The van der Waals surface area contributed by atoms with E-state index in [9.17, 15) is 4.79 Å². The molecule has 80 valence electrons. The van der Waals surface area contributed by atoms with Gasteiger partial charge in [-0.2, -0.15) is 0 Å². The Bertz CT molecular complexity index is 357. The molecule has 1 heterocycles. The minimum Gasteiger partial charge on any atom is -0.288 e. The van der Waals surface area contributed by atoms with Crippen molar-refractivity contribution in [2.24, 2.45) is 0 Å². The zero-order chi connectivity index (χ0) is 11.3. The lowest BCUT2D eigenvalue weighted by Gasteiger charge is -2.01. The highest BCUT2D eigenvalue weighted by Gasteiger charge is 2.00. The number of rotatable bonds is 3. The van der Waals surface area contributed by atoms with E-state index in [1.54, 1.807) is 12.4 Å². The molecule has 1 aromatic heterocycles. The van der Waals surface area contributed by atoms with Crippen molar-refractivity contribution in [1.82, 2.24) is 15.4 Å². The van der Waals surface area contributed by atoms with E-state index in [1.807, 2.05) is 13.8 Å². The molecule has 0 saturated carbocycles. The summed E-state index contributed by atoms with van der Waals surface area (Å²) >= 11 is 0. The fourth-order valence-electron chi connectivity index (χ4n) is 0.941. The molecule has 0 aliphatic rings. The minimum atomic E-state index is -0.581. The standard InChI is InChI=1S/C10H13N3O2/c1-7(2)10-11-5-8(6-12-10)3-4-9(14)13-15/h3-7,15H,1-2H3,(H,13,14)/b4-3+. The molecule has 0 radical (unpaired) electrons. The number of aromatic nitrogens is 2. The lowest BCUT2D eigenvalue weighted by molar-refractivity contribution is -0.124. The molecule has 0 atom stereocenters. The summed E-state index contributed by atoms with van der Waals surface area (Å²) in [5, 5.41) is 8.25. The third kappa shape index (κ3) is 3.47. The van der Waals surface area contributed by atoms with Crippen LogP contribution in [0.2, 0.25) is 0 Å². The number of nitrogens with zero attached hydrogens (tertiary/aromatic N) is 2. The summed E-state index contributed by atoms with van der Waals surface area (Å²) in [5.74, 6) is 0.463. The highest BCUT2D eigenvalue weighted by Crippen LogP contribution is 2.08. The molecule has 2 N–H and O–H groups in total. The number of hydroxylamine groups is 1. The van der Waals surface area contributed by atoms with Crippen molar-refractivity contribution < 1.29 is 10.0 Å². The highest BCUT2D eigenvalue weighted by molar-refractivity contribution is 5.90. The molecule has 0 aliphatic carbocycles. The SMILES string of the molecule is CC(C)c1ncc(/C=C/C(=O)NO)cn1. The zero-order valence-electron chi connectivity index (χ0n) is 8.64. The van der Waals surface area contributed by atoms with Gasteiger partial charge in [0.25, 0.3) is 5.91 Å². The van der Waals surface area contributed by atoms with Crippen molar-refractivity contribution in [3.8, 4) is 0 Å². The lowest BCUT2D eigenvalue weighted by atomic mass is 10.2. The Morgan fingerprint density at radius 1 is 1.47 bits per heavy atom. The van der Waals surface area contributed by atoms with E-state index in [-0.39, 0.29) is 5.92 Å². The molecule has 15 heavy (non-hydrogen) atoms. The third-order valence-corrected chi connectivity index (χ3v) is 1.75. The van der Waals surface area contributed by atoms with E-state index in [0.717, 1.165) is 5.82 Å². The Balaban J connectivity index is 2.72. The van der Waals surface area contributed by atoms with Gasteiger partial charge in [0.2, 0.25) is 0 Å². The summed E-state index contributed by atoms with van der Waals surface area (Å²) in [6, 6.07) is 0. The molecular weight excluding hydrogens is 194 g/mol. The molecule has 0 saturated heterocycles. The first-order valence-electron chi connectivity index (χ1n) is 4.57. The van der Waals surface area contributed by atoms with Gasteiger partial charge in [0.1, 0.15) is 5.82 Å². The van der Waals surface area contributed by atoms with Crippen LogP contribution in [0.4, 0.5) is 0 Å². The van der Waals surface area contributed by atoms with Crippen LogP contribution in [0.25, 0.3) is 6.08 Å². The summed E-state index contributed by atoms with van der Waals surface area (Å²) in [6.07, 6.45) is 5.98. The fraction of sp³-hybridized carbons (Fsp3) is 0.300. The molecular formula is C10H13N3O2. The Kier molecular flexibility index (Phi) is 3.93. The molecule has 0 aliphatic heterocycles. The first-order valence-corrected chi connectivity index (χ1v) is 4.57. The maximum Gasteiger partial charge on any atom is 0.267 e. The molecule has 0 bridgehead atoms. The molecule has 0 fully saturated rings. The molecule has 0 spiro atoms. The molecule has 0 aromatic carbocycles. The maximum absolute atomic E-state index is 10.7. The number of amides is 1. The Morgan fingerprint density at radius 2 is 2.07 bits per heavy atom. The second kappa shape index (κ2) is 5.21. The highest BCUT2D eigenvalue weighted by atomic mass is 16.5. The van der Waals surface area contributed by atoms with Crippen molar-refractivity contribution in [1.29, 1.82) is 0 Å². The largest absolute Gasteiger partial charge is 0.288 e. The van der Waals surface area contributed by atoms with Gasteiger partial charge in [0.05, 0.1) is 0 Å². The van der Waals surface area contributed by atoms with Crippen LogP contribution in [0.15, 0.2) is 18.5 Å². The lowest BCUT2D eigenvalue weighted by Crippen LogP contribution is -2.14. The van der Waals surface area contributed by atoms with Crippen LogP contribution in [-0.2, 0) is 4.79 Å². The predicted molar refractivity (Wildman–Crippen MR) is 55.1 cm³/mol. The monoisotopic (exact) mass is 207 g/mol. The Labute approximate surface area is 87.8 Å². The van der Waals surface area contributed by atoms with Crippen LogP contribution in [0, 0.1) is 0 Å². The van der Waals surface area contributed by atoms with Gasteiger partial charge in [-0.05, 0) is 6.08 Å². The quantitative estimate of drug-likeness (QED) is 0.442. The van der Waals surface area contributed by atoms with Crippen molar-refractivity contribution >= 4 is 12.0 Å². The molecule has 5 heteroatoms. The second-order valence-electron chi connectivity index (χ2n) is 3.34. The van der Waals surface area contributed by atoms with E-state index in [1.165, 1.54) is 17.6 Å². The topological polar surface area (TPSA) is 75.1 Å². The maximum atomic E-state index is 10.7. The van der Waals surface area contributed by atoms with Crippen LogP contribution in [0.3, 0.4) is 0 Å². The van der Waals surface area contributed by atoms with Crippen molar-refractivity contribution in [2.75, 3.05) is 0 Å². The van der Waals surface area contributed by atoms with Gasteiger partial charge in [-0.25, -0.2) is 15.4 Å². The molecule has 1 rings (SSSR count). The second-order valence-corrected chi connectivity index (χ2v) is 3.34. The van der Waals surface area contributed by atoms with E-state index in [2.05, 4.69) is 9.97 Å².